The molecule has 1 aromatic carbocycles. The van der Waals surface area contributed by atoms with E-state index in [1.807, 2.05) is 6.92 Å². The van der Waals surface area contributed by atoms with E-state index in [4.69, 9.17) is 10.5 Å². The third-order valence-electron chi connectivity index (χ3n) is 3.62. The van der Waals surface area contributed by atoms with E-state index >= 15 is 0 Å². The second-order valence-corrected chi connectivity index (χ2v) is 5.59. The molecular weight excluding hydrogens is 328 g/mol. The number of Topliss-reactive ketones (excluding diaryl/α,β-unsaturated/α-hetero) is 2. The van der Waals surface area contributed by atoms with Crippen molar-refractivity contribution in [2.75, 3.05) is 6.61 Å². The highest BCUT2D eigenvalue weighted by Crippen LogP contribution is 2.12. The van der Waals surface area contributed by atoms with Crippen molar-refractivity contribution in [2.24, 2.45) is 5.73 Å². The Hall–Kier alpha value is -2.61. The van der Waals surface area contributed by atoms with Gasteiger partial charge in [0.2, 0.25) is 0 Å². The van der Waals surface area contributed by atoms with Gasteiger partial charge in [-0.1, -0.05) is 26.2 Å². The van der Waals surface area contributed by atoms with Gasteiger partial charge in [0.05, 0.1) is 4.92 Å². The topological polar surface area (TPSA) is 130 Å². The Bertz CT molecular complexity index is 627. The summed E-state index contributed by atoms with van der Waals surface area (Å²) < 4.78 is 4.78. The molecule has 2 N–H and O–H groups in total. The molecule has 8 nitrogen and oxygen atoms in total. The predicted octanol–water partition coefficient (Wildman–Crippen LogP) is 2.19. The van der Waals surface area contributed by atoms with Crippen LogP contribution in [0.2, 0.25) is 0 Å². The fourth-order valence-corrected chi connectivity index (χ4v) is 2.09. The largest absolute Gasteiger partial charge is 0.456 e. The molecule has 0 saturated heterocycles. The molecule has 1 atom stereocenters. The van der Waals surface area contributed by atoms with Crippen LogP contribution in [0.3, 0.4) is 0 Å². The third-order valence-corrected chi connectivity index (χ3v) is 3.62. The quantitative estimate of drug-likeness (QED) is 0.162. The van der Waals surface area contributed by atoms with Gasteiger partial charge in [-0.25, -0.2) is 4.79 Å². The van der Waals surface area contributed by atoms with E-state index in [1.165, 1.54) is 24.3 Å². The van der Waals surface area contributed by atoms with Gasteiger partial charge in [0.25, 0.3) is 5.69 Å². The summed E-state index contributed by atoms with van der Waals surface area (Å²) in [5.74, 6) is -1.90. The lowest BCUT2D eigenvalue weighted by Gasteiger charge is -2.10. The number of nitro groups is 1. The third kappa shape index (κ3) is 6.80. The molecule has 25 heavy (non-hydrogen) atoms. The molecule has 0 heterocycles. The van der Waals surface area contributed by atoms with Crippen LogP contribution in [0.15, 0.2) is 24.3 Å². The number of benzene rings is 1. The maximum atomic E-state index is 11.9. The number of nitrogens with two attached hydrogens (primary N) is 1. The van der Waals surface area contributed by atoms with E-state index in [2.05, 4.69) is 0 Å². The van der Waals surface area contributed by atoms with E-state index in [-0.39, 0.29) is 17.7 Å². The zero-order chi connectivity index (χ0) is 18.8. The molecule has 0 aliphatic carbocycles. The number of ether oxygens (including phenoxy) is 1. The van der Waals surface area contributed by atoms with Crippen LogP contribution in [0.4, 0.5) is 5.69 Å². The number of hydrogen-bond acceptors (Lipinski definition) is 7. The van der Waals surface area contributed by atoms with Crippen LogP contribution in [0.5, 0.6) is 0 Å². The number of nitrogens with zero attached hydrogens (tertiary/aromatic N) is 1. The molecule has 0 radical (unpaired) electrons. The number of carbonyl (C=O) groups is 3. The van der Waals surface area contributed by atoms with Gasteiger partial charge in [-0.15, -0.1) is 0 Å². The Kier molecular flexibility index (Phi) is 8.42. The van der Waals surface area contributed by atoms with Crippen LogP contribution in [0, 0.1) is 10.1 Å². The fourth-order valence-electron chi connectivity index (χ4n) is 2.09. The van der Waals surface area contributed by atoms with Crippen molar-refractivity contribution in [3.05, 3.63) is 39.9 Å². The monoisotopic (exact) mass is 350 g/mol. The van der Waals surface area contributed by atoms with Gasteiger partial charge in [-0.05, 0) is 18.6 Å². The van der Waals surface area contributed by atoms with E-state index in [1.54, 1.807) is 0 Å². The summed E-state index contributed by atoms with van der Waals surface area (Å²) in [5.41, 5.74) is 5.56. The zero-order valence-electron chi connectivity index (χ0n) is 14.1. The number of carbonyl (C=O) groups excluding carboxylic acids is 3. The lowest BCUT2D eigenvalue weighted by molar-refractivity contribution is -0.384. The first-order chi connectivity index (χ1) is 11.9. The maximum Gasteiger partial charge on any atom is 0.331 e. The number of ketones is 2. The molecule has 0 fully saturated rings. The van der Waals surface area contributed by atoms with Crippen molar-refractivity contribution in [1.29, 1.82) is 0 Å². The smallest absolute Gasteiger partial charge is 0.331 e. The number of unbranched alkanes of at least 4 members (excludes halogenated alkanes) is 3. The van der Waals surface area contributed by atoms with Crippen molar-refractivity contribution >= 4 is 23.2 Å². The molecule has 0 spiro atoms. The lowest BCUT2D eigenvalue weighted by Crippen LogP contribution is -2.40. The summed E-state index contributed by atoms with van der Waals surface area (Å²) in [6.07, 6.45) is 3.80. The lowest BCUT2D eigenvalue weighted by atomic mass is 10.1. The number of nitro benzene ring substituents is 1. The van der Waals surface area contributed by atoms with Gasteiger partial charge < -0.3 is 10.5 Å². The first-order valence-electron chi connectivity index (χ1n) is 8.09. The summed E-state index contributed by atoms with van der Waals surface area (Å²) in [6, 6.07) is 3.51. The Morgan fingerprint density at radius 2 is 1.80 bits per heavy atom. The molecule has 136 valence electrons. The van der Waals surface area contributed by atoms with Crippen molar-refractivity contribution in [3.8, 4) is 0 Å². The summed E-state index contributed by atoms with van der Waals surface area (Å²) in [4.78, 5) is 45.4. The molecule has 0 bridgehead atoms. The van der Waals surface area contributed by atoms with Crippen molar-refractivity contribution < 1.29 is 24.0 Å². The van der Waals surface area contributed by atoms with Gasteiger partial charge in [0, 0.05) is 24.1 Å². The molecule has 0 aliphatic heterocycles. The normalized spacial score (nSPS) is 11.6. The van der Waals surface area contributed by atoms with Gasteiger partial charge in [0.15, 0.2) is 24.2 Å². The standard InChI is InChI=1S/C17H22N2O6/c1-2-3-4-5-6-14(20)16(18)17(22)25-11-15(21)12-7-9-13(10-8-12)19(23)24/h7-10,16H,2-6,11,18H2,1H3. The van der Waals surface area contributed by atoms with E-state index in [9.17, 15) is 24.5 Å². The molecule has 0 amide bonds. The van der Waals surface area contributed by atoms with Gasteiger partial charge in [-0.2, -0.15) is 0 Å². The average Bonchev–Trinajstić information content (AvgIpc) is 2.62. The van der Waals surface area contributed by atoms with Crippen LogP contribution in [-0.4, -0.2) is 35.1 Å². The number of esters is 1. The van der Waals surface area contributed by atoms with Crippen LogP contribution in [-0.2, 0) is 14.3 Å². The van der Waals surface area contributed by atoms with Crippen LogP contribution >= 0.6 is 0 Å². The van der Waals surface area contributed by atoms with Crippen LogP contribution in [0.1, 0.15) is 49.4 Å². The van der Waals surface area contributed by atoms with Crippen LogP contribution in [0.25, 0.3) is 0 Å². The summed E-state index contributed by atoms with van der Waals surface area (Å²) in [5, 5.41) is 10.6. The molecule has 0 saturated carbocycles. The SMILES string of the molecule is CCCCCCC(=O)C(N)C(=O)OCC(=O)c1ccc([N+](=O)[O-])cc1. The summed E-state index contributed by atoms with van der Waals surface area (Å²) in [7, 11) is 0. The Labute approximate surface area is 145 Å². The van der Waals surface area contributed by atoms with Crippen molar-refractivity contribution in [2.45, 2.75) is 45.1 Å². The molecule has 0 aliphatic rings. The average molecular weight is 350 g/mol. The van der Waals surface area contributed by atoms with E-state index in [0.717, 1.165) is 19.3 Å². The van der Waals surface area contributed by atoms with E-state index < -0.39 is 35.1 Å². The minimum Gasteiger partial charge on any atom is -0.456 e. The first kappa shape index (κ1) is 20.4. The van der Waals surface area contributed by atoms with Crippen LogP contribution < -0.4 is 5.73 Å². The molecule has 1 unspecified atom stereocenters. The fraction of sp³-hybridized carbons (Fsp3) is 0.471. The maximum absolute atomic E-state index is 11.9. The van der Waals surface area contributed by atoms with E-state index in [0.29, 0.717) is 6.42 Å². The number of rotatable bonds is 11. The first-order valence-corrected chi connectivity index (χ1v) is 8.09. The zero-order valence-corrected chi connectivity index (χ0v) is 14.1. The molecular formula is C17H22N2O6. The molecule has 0 aromatic heterocycles. The highest BCUT2D eigenvalue weighted by molar-refractivity contribution is 6.04. The van der Waals surface area contributed by atoms with Crippen molar-refractivity contribution in [1.82, 2.24) is 0 Å². The second kappa shape index (κ2) is 10.3. The minimum atomic E-state index is -1.40. The Morgan fingerprint density at radius 1 is 1.16 bits per heavy atom. The van der Waals surface area contributed by atoms with Gasteiger partial charge in [0.1, 0.15) is 0 Å². The Morgan fingerprint density at radius 3 is 2.36 bits per heavy atom. The Balaban J connectivity index is 2.44. The minimum absolute atomic E-state index is 0.149. The molecule has 1 rings (SSSR count). The second-order valence-electron chi connectivity index (χ2n) is 5.59. The molecule has 1 aromatic rings. The molecule has 8 heteroatoms. The van der Waals surface area contributed by atoms with Gasteiger partial charge >= 0.3 is 5.97 Å². The highest BCUT2D eigenvalue weighted by atomic mass is 16.6. The predicted molar refractivity (Wildman–Crippen MR) is 90.1 cm³/mol. The summed E-state index contributed by atoms with van der Waals surface area (Å²) in [6.45, 7) is 1.47. The highest BCUT2D eigenvalue weighted by Gasteiger charge is 2.24. The van der Waals surface area contributed by atoms with Gasteiger partial charge in [-0.3, -0.25) is 19.7 Å². The number of non-ortho nitro benzene ring substituents is 1. The van der Waals surface area contributed by atoms with Crippen molar-refractivity contribution in [3.63, 3.8) is 0 Å². The summed E-state index contributed by atoms with van der Waals surface area (Å²) >= 11 is 0. The number of hydrogen-bond donors (Lipinski definition) is 1.